The van der Waals surface area contributed by atoms with Crippen LogP contribution in [0.1, 0.15) is 16.7 Å². The molecule has 0 N–H and O–H groups in total. The minimum absolute atomic E-state index is 0.182. The summed E-state index contributed by atoms with van der Waals surface area (Å²) in [6.45, 7) is 2.73. The molecule has 0 amide bonds. The van der Waals surface area contributed by atoms with Gasteiger partial charge in [0, 0.05) is 16.1 Å². The number of ether oxygens (including phenoxy) is 3. The Morgan fingerprint density at radius 1 is 0.968 bits per heavy atom. The molecule has 0 radical (unpaired) electrons. The van der Waals surface area contributed by atoms with E-state index in [-0.39, 0.29) is 11.6 Å². The number of hydrogen-bond acceptors (Lipinski definition) is 5. The third-order valence-electron chi connectivity index (χ3n) is 4.54. The van der Waals surface area contributed by atoms with Crippen molar-refractivity contribution in [2.75, 3.05) is 13.2 Å². The number of rotatable bonds is 7. The number of hydrogen-bond donors (Lipinski definition) is 0. The molecule has 1 aliphatic rings. The molecule has 1 heterocycles. The zero-order valence-electron chi connectivity index (χ0n) is 16.9. The fourth-order valence-electron chi connectivity index (χ4n) is 2.97. The normalized spacial score (nSPS) is 14.3. The topological polar surface area (TPSA) is 57.1 Å². The van der Waals surface area contributed by atoms with Gasteiger partial charge in [0.15, 0.2) is 5.70 Å². The zero-order valence-corrected chi connectivity index (χ0v) is 17.6. The van der Waals surface area contributed by atoms with Crippen LogP contribution in [-0.2, 0) is 9.53 Å². The van der Waals surface area contributed by atoms with Gasteiger partial charge in [0.2, 0.25) is 5.90 Å². The predicted octanol–water partition coefficient (Wildman–Crippen LogP) is 5.45. The van der Waals surface area contributed by atoms with Crippen LogP contribution in [0.25, 0.3) is 6.08 Å². The maximum Gasteiger partial charge on any atom is 0.363 e. The van der Waals surface area contributed by atoms with Gasteiger partial charge < -0.3 is 14.2 Å². The molecular weight excluding hydrogens is 414 g/mol. The molecule has 0 saturated carbocycles. The molecule has 0 unspecified atom stereocenters. The highest BCUT2D eigenvalue weighted by molar-refractivity contribution is 6.30. The average Bonchev–Trinajstić information content (AvgIpc) is 3.14. The summed E-state index contributed by atoms with van der Waals surface area (Å²) in [4.78, 5) is 16.6. The van der Waals surface area contributed by atoms with E-state index in [2.05, 4.69) is 4.99 Å². The Morgan fingerprint density at radius 2 is 1.71 bits per heavy atom. The number of carbonyl (C=O) groups excluding carboxylic acids is 1. The fourth-order valence-corrected chi connectivity index (χ4v) is 3.15. The van der Waals surface area contributed by atoms with E-state index in [0.29, 0.717) is 29.5 Å². The number of aryl methyl sites for hydroxylation is 1. The Balaban J connectivity index is 1.47. The van der Waals surface area contributed by atoms with Crippen LogP contribution in [0.3, 0.4) is 0 Å². The van der Waals surface area contributed by atoms with Crippen molar-refractivity contribution in [3.8, 4) is 11.5 Å². The van der Waals surface area contributed by atoms with Crippen molar-refractivity contribution in [1.29, 1.82) is 0 Å². The smallest absolute Gasteiger partial charge is 0.363 e. The first-order valence-electron chi connectivity index (χ1n) is 9.78. The summed E-state index contributed by atoms with van der Waals surface area (Å²) in [6, 6.07) is 22.3. The first-order valence-corrected chi connectivity index (χ1v) is 10.2. The number of esters is 1. The Morgan fingerprint density at radius 3 is 2.48 bits per heavy atom. The van der Waals surface area contributed by atoms with Gasteiger partial charge in [-0.15, -0.1) is 0 Å². The third kappa shape index (κ3) is 5.32. The number of aliphatic imine (C=N–C) groups is 1. The van der Waals surface area contributed by atoms with Gasteiger partial charge in [0.25, 0.3) is 0 Å². The number of carbonyl (C=O) groups is 1. The van der Waals surface area contributed by atoms with Gasteiger partial charge >= 0.3 is 5.97 Å². The molecule has 0 saturated heterocycles. The van der Waals surface area contributed by atoms with Gasteiger partial charge in [-0.25, -0.2) is 9.79 Å². The van der Waals surface area contributed by atoms with E-state index in [0.717, 1.165) is 11.3 Å². The molecule has 0 atom stereocenters. The monoisotopic (exact) mass is 433 g/mol. The second kappa shape index (κ2) is 9.49. The van der Waals surface area contributed by atoms with E-state index in [4.69, 9.17) is 25.8 Å². The van der Waals surface area contributed by atoms with Gasteiger partial charge in [-0.3, -0.25) is 0 Å². The second-order valence-electron chi connectivity index (χ2n) is 6.89. The largest absolute Gasteiger partial charge is 0.490 e. The molecule has 4 rings (SSSR count). The third-order valence-corrected chi connectivity index (χ3v) is 4.77. The molecular formula is C25H20ClNO4. The molecule has 0 bridgehead atoms. The lowest BCUT2D eigenvalue weighted by atomic mass is 10.1. The number of benzene rings is 3. The van der Waals surface area contributed by atoms with Crippen LogP contribution in [0.5, 0.6) is 11.5 Å². The van der Waals surface area contributed by atoms with Gasteiger partial charge in [-0.2, -0.15) is 0 Å². The maximum absolute atomic E-state index is 12.3. The van der Waals surface area contributed by atoms with E-state index < -0.39 is 5.97 Å². The summed E-state index contributed by atoms with van der Waals surface area (Å²) in [7, 11) is 0. The van der Waals surface area contributed by atoms with Crippen LogP contribution in [-0.4, -0.2) is 25.1 Å². The Labute approximate surface area is 185 Å². The average molecular weight is 434 g/mol. The van der Waals surface area contributed by atoms with E-state index in [1.54, 1.807) is 24.3 Å². The molecule has 156 valence electrons. The molecule has 0 fully saturated rings. The summed E-state index contributed by atoms with van der Waals surface area (Å²) < 4.78 is 16.9. The molecule has 3 aromatic rings. The van der Waals surface area contributed by atoms with E-state index >= 15 is 0 Å². The molecule has 1 aliphatic heterocycles. The van der Waals surface area contributed by atoms with Crippen molar-refractivity contribution in [2.45, 2.75) is 6.92 Å². The number of nitrogens with zero attached hydrogens (tertiary/aromatic N) is 1. The summed E-state index contributed by atoms with van der Waals surface area (Å²) in [5.41, 5.74) is 2.72. The second-order valence-corrected chi connectivity index (χ2v) is 7.33. The van der Waals surface area contributed by atoms with Gasteiger partial charge in [-0.1, -0.05) is 47.5 Å². The highest BCUT2D eigenvalue weighted by atomic mass is 35.5. The van der Waals surface area contributed by atoms with Gasteiger partial charge in [-0.05, 0) is 55.5 Å². The maximum atomic E-state index is 12.3. The first kappa shape index (κ1) is 20.7. The highest BCUT2D eigenvalue weighted by Gasteiger charge is 2.24. The number of cyclic esters (lactones) is 1. The minimum Gasteiger partial charge on any atom is -0.490 e. The van der Waals surface area contributed by atoms with Gasteiger partial charge in [0.1, 0.15) is 24.7 Å². The lowest BCUT2D eigenvalue weighted by Crippen LogP contribution is -2.09. The molecule has 3 aromatic carbocycles. The summed E-state index contributed by atoms with van der Waals surface area (Å²) in [5.74, 6) is 1.10. The Kier molecular flexibility index (Phi) is 6.34. The molecule has 0 spiro atoms. The molecule has 5 nitrogen and oxygen atoms in total. The lowest BCUT2D eigenvalue weighted by Gasteiger charge is -2.11. The van der Waals surface area contributed by atoms with E-state index in [1.165, 1.54) is 5.56 Å². The van der Waals surface area contributed by atoms with Crippen molar-refractivity contribution in [3.05, 3.63) is 100 Å². The molecule has 6 heteroatoms. The summed E-state index contributed by atoms with van der Waals surface area (Å²) >= 11 is 6.16. The van der Waals surface area contributed by atoms with Crippen LogP contribution in [0.4, 0.5) is 0 Å². The van der Waals surface area contributed by atoms with Crippen LogP contribution >= 0.6 is 11.6 Å². The first-order chi connectivity index (χ1) is 15.1. The number of halogens is 1. The van der Waals surface area contributed by atoms with Crippen molar-refractivity contribution in [2.24, 2.45) is 4.99 Å². The highest BCUT2D eigenvalue weighted by Crippen LogP contribution is 2.27. The molecule has 0 aromatic heterocycles. The van der Waals surface area contributed by atoms with Crippen molar-refractivity contribution in [3.63, 3.8) is 0 Å². The quantitative estimate of drug-likeness (QED) is 0.282. The van der Waals surface area contributed by atoms with Crippen LogP contribution in [0, 0.1) is 6.92 Å². The predicted molar refractivity (Wildman–Crippen MR) is 121 cm³/mol. The fraction of sp³-hybridized carbons (Fsp3) is 0.120. The Bertz CT molecular complexity index is 1140. The minimum atomic E-state index is -0.521. The van der Waals surface area contributed by atoms with Crippen LogP contribution in [0.15, 0.2) is 83.5 Å². The van der Waals surface area contributed by atoms with Crippen molar-refractivity contribution >= 4 is 29.5 Å². The molecule has 0 aliphatic carbocycles. The SMILES string of the molecule is Cc1ccc(OCCOc2ccc(Cl)cc2/C=C2/N=C(c3ccccc3)OC2=O)cc1. The van der Waals surface area contributed by atoms with E-state index in [9.17, 15) is 4.79 Å². The Hall–Kier alpha value is -3.57. The lowest BCUT2D eigenvalue weighted by molar-refractivity contribution is -0.129. The van der Waals surface area contributed by atoms with Gasteiger partial charge in [0.05, 0.1) is 0 Å². The molecule has 31 heavy (non-hydrogen) atoms. The summed E-state index contributed by atoms with van der Waals surface area (Å²) in [5, 5.41) is 0.522. The summed E-state index contributed by atoms with van der Waals surface area (Å²) in [6.07, 6.45) is 1.61. The standard InChI is InChI=1S/C25H20ClNO4/c1-17-7-10-21(11-8-17)29-13-14-30-23-12-9-20(26)15-19(23)16-22-25(28)31-24(27-22)18-5-3-2-4-6-18/h2-12,15-16H,13-14H2,1H3/b22-16+. The zero-order chi connectivity index (χ0) is 21.6. The van der Waals surface area contributed by atoms with E-state index in [1.807, 2.05) is 61.5 Å². The van der Waals surface area contributed by atoms with Crippen LogP contribution < -0.4 is 9.47 Å². The van der Waals surface area contributed by atoms with Crippen LogP contribution in [0.2, 0.25) is 5.02 Å². The van der Waals surface area contributed by atoms with Crippen molar-refractivity contribution in [1.82, 2.24) is 0 Å². The van der Waals surface area contributed by atoms with Crippen molar-refractivity contribution < 1.29 is 19.0 Å².